The summed E-state index contributed by atoms with van der Waals surface area (Å²) in [4.78, 5) is 4.62. The van der Waals surface area contributed by atoms with E-state index in [-0.39, 0.29) is 6.10 Å². The standard InChI is InChI=1S/C12H18BrNO3/c1-8(2)17-12-9(6-7-16-14)10(13)4-5-11(12)15-3/h4-5,8H,6-7,14H2,1-3H3. The molecule has 0 spiro atoms. The summed E-state index contributed by atoms with van der Waals surface area (Å²) in [6.07, 6.45) is 0.742. The summed E-state index contributed by atoms with van der Waals surface area (Å²) >= 11 is 3.50. The van der Waals surface area contributed by atoms with Crippen molar-refractivity contribution in [2.24, 2.45) is 5.90 Å². The lowest BCUT2D eigenvalue weighted by atomic mass is 10.1. The third kappa shape index (κ3) is 3.87. The SMILES string of the molecule is COc1ccc(Br)c(CCON)c1OC(C)C. The van der Waals surface area contributed by atoms with Crippen molar-refractivity contribution in [3.05, 3.63) is 22.2 Å². The Labute approximate surface area is 110 Å². The van der Waals surface area contributed by atoms with Crippen molar-refractivity contribution >= 4 is 15.9 Å². The number of ether oxygens (including phenoxy) is 2. The monoisotopic (exact) mass is 303 g/mol. The summed E-state index contributed by atoms with van der Waals surface area (Å²) in [6.45, 7) is 4.38. The van der Waals surface area contributed by atoms with Crippen molar-refractivity contribution in [3.63, 3.8) is 0 Å². The summed E-state index contributed by atoms with van der Waals surface area (Å²) < 4.78 is 12.1. The molecule has 0 radical (unpaired) electrons. The molecule has 0 fully saturated rings. The van der Waals surface area contributed by atoms with Gasteiger partial charge in [0.1, 0.15) is 0 Å². The van der Waals surface area contributed by atoms with Crippen LogP contribution in [0.1, 0.15) is 19.4 Å². The van der Waals surface area contributed by atoms with Crippen LogP contribution in [0.15, 0.2) is 16.6 Å². The van der Waals surface area contributed by atoms with Gasteiger partial charge in [-0.1, -0.05) is 15.9 Å². The molecular formula is C12H18BrNO3. The molecule has 96 valence electrons. The largest absolute Gasteiger partial charge is 0.493 e. The van der Waals surface area contributed by atoms with Gasteiger partial charge in [-0.3, -0.25) is 0 Å². The quantitative estimate of drug-likeness (QED) is 0.821. The van der Waals surface area contributed by atoms with Crippen LogP contribution in [0.3, 0.4) is 0 Å². The van der Waals surface area contributed by atoms with Crippen LogP contribution in [0, 0.1) is 0 Å². The molecule has 0 aliphatic rings. The van der Waals surface area contributed by atoms with Gasteiger partial charge < -0.3 is 14.3 Å². The number of hydrogen-bond acceptors (Lipinski definition) is 4. The maximum Gasteiger partial charge on any atom is 0.165 e. The van der Waals surface area contributed by atoms with Gasteiger partial charge in [0.05, 0.1) is 19.8 Å². The third-order valence-electron chi connectivity index (χ3n) is 2.21. The average Bonchev–Trinajstić information content (AvgIpc) is 2.28. The van der Waals surface area contributed by atoms with Crippen LogP contribution in [0.5, 0.6) is 11.5 Å². The van der Waals surface area contributed by atoms with Crippen LogP contribution >= 0.6 is 15.9 Å². The second kappa shape index (κ2) is 6.83. The second-order valence-electron chi connectivity index (χ2n) is 3.84. The fourth-order valence-electron chi connectivity index (χ4n) is 1.50. The van der Waals surface area contributed by atoms with Crippen LogP contribution in [0.2, 0.25) is 0 Å². The molecule has 0 aliphatic heterocycles. The van der Waals surface area contributed by atoms with Gasteiger partial charge in [-0.25, -0.2) is 5.90 Å². The topological polar surface area (TPSA) is 53.7 Å². The van der Waals surface area contributed by atoms with Gasteiger partial charge in [-0.05, 0) is 26.0 Å². The molecule has 0 bridgehead atoms. The molecule has 17 heavy (non-hydrogen) atoms. The Morgan fingerprint density at radius 2 is 2.06 bits per heavy atom. The molecule has 1 aromatic rings. The molecule has 0 heterocycles. The summed E-state index contributed by atoms with van der Waals surface area (Å²) in [5.74, 6) is 6.52. The highest BCUT2D eigenvalue weighted by Gasteiger charge is 2.15. The second-order valence-corrected chi connectivity index (χ2v) is 4.70. The molecule has 2 N–H and O–H groups in total. The predicted molar refractivity (Wildman–Crippen MR) is 70.3 cm³/mol. The van der Waals surface area contributed by atoms with Crippen LogP contribution in [-0.4, -0.2) is 19.8 Å². The first-order chi connectivity index (χ1) is 8.10. The number of hydrogen-bond donors (Lipinski definition) is 1. The minimum atomic E-state index is 0.0794. The van der Waals surface area contributed by atoms with Gasteiger partial charge in [0.2, 0.25) is 0 Å². The molecule has 4 nitrogen and oxygen atoms in total. The highest BCUT2D eigenvalue weighted by atomic mass is 79.9. The van der Waals surface area contributed by atoms with Gasteiger partial charge in [0, 0.05) is 16.5 Å². The summed E-state index contributed by atoms with van der Waals surface area (Å²) in [5.41, 5.74) is 1.00. The Balaban J connectivity index is 3.11. The zero-order valence-electron chi connectivity index (χ0n) is 10.3. The fourth-order valence-corrected chi connectivity index (χ4v) is 2.01. The van der Waals surface area contributed by atoms with E-state index in [9.17, 15) is 0 Å². The summed E-state index contributed by atoms with van der Waals surface area (Å²) in [6, 6.07) is 3.80. The molecular weight excluding hydrogens is 286 g/mol. The molecule has 5 heteroatoms. The van der Waals surface area contributed by atoms with E-state index in [1.165, 1.54) is 0 Å². The van der Waals surface area contributed by atoms with Crippen molar-refractivity contribution in [2.45, 2.75) is 26.4 Å². The lowest BCUT2D eigenvalue weighted by molar-refractivity contribution is 0.139. The van der Waals surface area contributed by atoms with E-state index in [0.29, 0.717) is 18.8 Å². The Kier molecular flexibility index (Phi) is 5.74. The van der Waals surface area contributed by atoms with Crippen molar-refractivity contribution < 1.29 is 14.3 Å². The fraction of sp³-hybridized carbons (Fsp3) is 0.500. The van der Waals surface area contributed by atoms with Crippen LogP contribution in [-0.2, 0) is 11.3 Å². The Hall–Kier alpha value is -0.780. The van der Waals surface area contributed by atoms with E-state index in [2.05, 4.69) is 20.8 Å². The summed E-state index contributed by atoms with van der Waals surface area (Å²) in [7, 11) is 1.62. The molecule has 0 aromatic heterocycles. The number of nitrogens with two attached hydrogens (primary N) is 1. The van der Waals surface area contributed by atoms with E-state index in [4.69, 9.17) is 15.4 Å². The first-order valence-electron chi connectivity index (χ1n) is 5.43. The first kappa shape index (κ1) is 14.3. The van der Waals surface area contributed by atoms with Gasteiger partial charge in [0.15, 0.2) is 11.5 Å². The lowest BCUT2D eigenvalue weighted by Crippen LogP contribution is -2.11. The lowest BCUT2D eigenvalue weighted by Gasteiger charge is -2.18. The molecule has 1 aromatic carbocycles. The predicted octanol–water partition coefficient (Wildman–Crippen LogP) is 2.68. The van der Waals surface area contributed by atoms with Crippen LogP contribution < -0.4 is 15.4 Å². The third-order valence-corrected chi connectivity index (χ3v) is 2.95. The van der Waals surface area contributed by atoms with E-state index in [1.807, 2.05) is 26.0 Å². The zero-order chi connectivity index (χ0) is 12.8. The van der Waals surface area contributed by atoms with E-state index < -0.39 is 0 Å². The Morgan fingerprint density at radius 3 is 2.59 bits per heavy atom. The summed E-state index contributed by atoms with van der Waals surface area (Å²) in [5, 5.41) is 0. The zero-order valence-corrected chi connectivity index (χ0v) is 11.9. The van der Waals surface area contributed by atoms with Crippen molar-refractivity contribution in [1.82, 2.24) is 0 Å². The van der Waals surface area contributed by atoms with Gasteiger partial charge >= 0.3 is 0 Å². The van der Waals surface area contributed by atoms with E-state index in [0.717, 1.165) is 15.8 Å². The van der Waals surface area contributed by atoms with Crippen molar-refractivity contribution in [3.8, 4) is 11.5 Å². The highest BCUT2D eigenvalue weighted by molar-refractivity contribution is 9.10. The Morgan fingerprint density at radius 1 is 1.35 bits per heavy atom. The van der Waals surface area contributed by atoms with Gasteiger partial charge in [-0.2, -0.15) is 0 Å². The van der Waals surface area contributed by atoms with Crippen molar-refractivity contribution in [1.29, 1.82) is 0 Å². The molecule has 1 rings (SSSR count). The molecule has 0 saturated carbocycles. The molecule has 0 amide bonds. The molecule has 0 saturated heterocycles. The van der Waals surface area contributed by atoms with Gasteiger partial charge in [0.25, 0.3) is 0 Å². The minimum absolute atomic E-state index is 0.0794. The smallest absolute Gasteiger partial charge is 0.165 e. The minimum Gasteiger partial charge on any atom is -0.493 e. The van der Waals surface area contributed by atoms with Crippen LogP contribution in [0.25, 0.3) is 0 Å². The Bertz CT molecular complexity index is 369. The number of rotatable bonds is 6. The molecule has 0 atom stereocenters. The molecule has 0 aliphatic carbocycles. The van der Waals surface area contributed by atoms with Crippen LogP contribution in [0.4, 0.5) is 0 Å². The maximum absolute atomic E-state index is 5.79. The van der Waals surface area contributed by atoms with E-state index >= 15 is 0 Å². The normalized spacial score (nSPS) is 10.7. The number of methoxy groups -OCH3 is 1. The van der Waals surface area contributed by atoms with Gasteiger partial charge in [-0.15, -0.1) is 0 Å². The maximum atomic E-state index is 5.79. The first-order valence-corrected chi connectivity index (χ1v) is 6.23. The number of benzene rings is 1. The highest BCUT2D eigenvalue weighted by Crippen LogP contribution is 2.37. The number of halogens is 1. The molecule has 0 unspecified atom stereocenters. The van der Waals surface area contributed by atoms with Crippen molar-refractivity contribution in [2.75, 3.05) is 13.7 Å². The van der Waals surface area contributed by atoms with E-state index in [1.54, 1.807) is 7.11 Å². The average molecular weight is 304 g/mol.